The standard InChI is InChI=1S/C15H22BrN3O/c1-5-13-15(16)14(19(6-2)17-13)10-18(4)9-12-7-8-20-11(12)3/h7-8H,5-6,9-10H2,1-4H3. The van der Waals surface area contributed by atoms with E-state index in [2.05, 4.69) is 51.5 Å². The summed E-state index contributed by atoms with van der Waals surface area (Å²) in [5.41, 5.74) is 3.62. The van der Waals surface area contributed by atoms with Crippen molar-refractivity contribution in [3.8, 4) is 0 Å². The van der Waals surface area contributed by atoms with Crippen molar-refractivity contribution in [1.82, 2.24) is 14.7 Å². The first-order valence-corrected chi connectivity index (χ1v) is 7.81. The molecule has 0 amide bonds. The van der Waals surface area contributed by atoms with E-state index in [1.165, 1.54) is 11.3 Å². The highest BCUT2D eigenvalue weighted by Gasteiger charge is 2.16. The molecular weight excluding hydrogens is 318 g/mol. The second-order valence-corrected chi connectivity index (χ2v) is 5.84. The van der Waals surface area contributed by atoms with Gasteiger partial charge in [0.25, 0.3) is 0 Å². The molecule has 0 atom stereocenters. The van der Waals surface area contributed by atoms with Crippen LogP contribution in [0.25, 0.3) is 0 Å². The third-order valence-corrected chi connectivity index (χ3v) is 4.44. The highest BCUT2D eigenvalue weighted by atomic mass is 79.9. The Kier molecular flexibility index (Phi) is 5.05. The van der Waals surface area contributed by atoms with Crippen LogP contribution in [0.15, 0.2) is 21.2 Å². The van der Waals surface area contributed by atoms with E-state index >= 15 is 0 Å². The molecule has 2 heterocycles. The van der Waals surface area contributed by atoms with Crippen LogP contribution in [0.2, 0.25) is 0 Å². The van der Waals surface area contributed by atoms with E-state index in [9.17, 15) is 0 Å². The lowest BCUT2D eigenvalue weighted by molar-refractivity contribution is 0.304. The van der Waals surface area contributed by atoms with Crippen LogP contribution < -0.4 is 0 Å². The van der Waals surface area contributed by atoms with Crippen LogP contribution in [-0.4, -0.2) is 21.7 Å². The summed E-state index contributed by atoms with van der Waals surface area (Å²) < 4.78 is 8.59. The Morgan fingerprint density at radius 3 is 2.65 bits per heavy atom. The highest BCUT2D eigenvalue weighted by molar-refractivity contribution is 9.10. The Hall–Kier alpha value is -1.07. The van der Waals surface area contributed by atoms with Crippen LogP contribution in [0.5, 0.6) is 0 Å². The molecule has 110 valence electrons. The van der Waals surface area contributed by atoms with Gasteiger partial charge in [-0.3, -0.25) is 9.58 Å². The molecule has 0 saturated carbocycles. The molecule has 0 aliphatic carbocycles. The number of aryl methyl sites for hydroxylation is 3. The van der Waals surface area contributed by atoms with E-state index < -0.39 is 0 Å². The van der Waals surface area contributed by atoms with E-state index in [1.807, 2.05) is 13.0 Å². The van der Waals surface area contributed by atoms with Gasteiger partial charge in [-0.25, -0.2) is 0 Å². The average molecular weight is 340 g/mol. The lowest BCUT2D eigenvalue weighted by Crippen LogP contribution is -2.20. The first-order valence-electron chi connectivity index (χ1n) is 7.02. The summed E-state index contributed by atoms with van der Waals surface area (Å²) in [6.07, 6.45) is 2.70. The maximum atomic E-state index is 5.35. The predicted molar refractivity (Wildman–Crippen MR) is 83.6 cm³/mol. The topological polar surface area (TPSA) is 34.2 Å². The molecule has 0 aromatic carbocycles. The van der Waals surface area contributed by atoms with Crippen LogP contribution in [0, 0.1) is 6.92 Å². The molecule has 0 spiro atoms. The molecule has 0 fully saturated rings. The largest absolute Gasteiger partial charge is 0.469 e. The highest BCUT2D eigenvalue weighted by Crippen LogP contribution is 2.24. The van der Waals surface area contributed by atoms with Crippen LogP contribution >= 0.6 is 15.9 Å². The summed E-state index contributed by atoms with van der Waals surface area (Å²) in [4.78, 5) is 2.28. The van der Waals surface area contributed by atoms with Crippen LogP contribution in [-0.2, 0) is 26.1 Å². The first-order chi connectivity index (χ1) is 9.56. The van der Waals surface area contributed by atoms with Gasteiger partial charge in [-0.15, -0.1) is 0 Å². The van der Waals surface area contributed by atoms with E-state index in [0.29, 0.717) is 0 Å². The normalized spacial score (nSPS) is 11.5. The maximum Gasteiger partial charge on any atom is 0.105 e. The molecule has 2 rings (SSSR count). The van der Waals surface area contributed by atoms with Crippen molar-refractivity contribution in [2.45, 2.75) is 46.8 Å². The van der Waals surface area contributed by atoms with Crippen molar-refractivity contribution < 1.29 is 4.42 Å². The molecule has 0 aliphatic rings. The number of hydrogen-bond donors (Lipinski definition) is 0. The Morgan fingerprint density at radius 2 is 2.10 bits per heavy atom. The molecule has 0 radical (unpaired) electrons. The number of hydrogen-bond acceptors (Lipinski definition) is 3. The van der Waals surface area contributed by atoms with Crippen LogP contribution in [0.4, 0.5) is 0 Å². The Balaban J connectivity index is 2.13. The summed E-state index contributed by atoms with van der Waals surface area (Å²) >= 11 is 3.70. The number of aromatic nitrogens is 2. The fourth-order valence-electron chi connectivity index (χ4n) is 2.35. The van der Waals surface area contributed by atoms with Crippen molar-refractivity contribution in [3.05, 3.63) is 39.5 Å². The van der Waals surface area contributed by atoms with Crippen LogP contribution in [0.3, 0.4) is 0 Å². The van der Waals surface area contributed by atoms with Crippen molar-refractivity contribution >= 4 is 15.9 Å². The third-order valence-electron chi connectivity index (χ3n) is 3.52. The molecule has 2 aromatic rings. The quantitative estimate of drug-likeness (QED) is 0.803. The number of furan rings is 1. The zero-order chi connectivity index (χ0) is 14.7. The van der Waals surface area contributed by atoms with Crippen molar-refractivity contribution in [3.63, 3.8) is 0 Å². The van der Waals surface area contributed by atoms with E-state index in [0.717, 1.165) is 42.0 Å². The molecular formula is C15H22BrN3O. The van der Waals surface area contributed by atoms with Gasteiger partial charge in [0.1, 0.15) is 5.76 Å². The summed E-state index contributed by atoms with van der Waals surface area (Å²) in [6.45, 7) is 8.91. The monoisotopic (exact) mass is 339 g/mol. The summed E-state index contributed by atoms with van der Waals surface area (Å²) in [6, 6.07) is 2.04. The fourth-order valence-corrected chi connectivity index (χ4v) is 3.04. The molecule has 20 heavy (non-hydrogen) atoms. The minimum Gasteiger partial charge on any atom is -0.469 e. The Bertz CT molecular complexity index is 574. The smallest absolute Gasteiger partial charge is 0.105 e. The van der Waals surface area contributed by atoms with Gasteiger partial charge >= 0.3 is 0 Å². The summed E-state index contributed by atoms with van der Waals surface area (Å²) in [5, 5.41) is 4.64. The first kappa shape index (κ1) is 15.3. The maximum absolute atomic E-state index is 5.35. The van der Waals surface area contributed by atoms with Crippen molar-refractivity contribution in [2.24, 2.45) is 0 Å². The van der Waals surface area contributed by atoms with E-state index in [1.54, 1.807) is 6.26 Å². The van der Waals surface area contributed by atoms with Gasteiger partial charge in [0.15, 0.2) is 0 Å². The van der Waals surface area contributed by atoms with Gasteiger partial charge in [-0.1, -0.05) is 6.92 Å². The van der Waals surface area contributed by atoms with E-state index in [-0.39, 0.29) is 0 Å². The molecule has 0 saturated heterocycles. The minimum atomic E-state index is 0.867. The van der Waals surface area contributed by atoms with Gasteiger partial charge < -0.3 is 4.42 Å². The van der Waals surface area contributed by atoms with Crippen molar-refractivity contribution in [1.29, 1.82) is 0 Å². The number of halogens is 1. The number of nitrogens with zero attached hydrogens (tertiary/aromatic N) is 3. The predicted octanol–water partition coefficient (Wildman–Crippen LogP) is 3.76. The van der Waals surface area contributed by atoms with Gasteiger partial charge in [0.05, 0.1) is 22.1 Å². The second kappa shape index (κ2) is 6.59. The third kappa shape index (κ3) is 3.15. The Labute approximate surface area is 128 Å². The average Bonchev–Trinajstić information content (AvgIpc) is 2.95. The van der Waals surface area contributed by atoms with Gasteiger partial charge in [0.2, 0.25) is 0 Å². The molecule has 0 bridgehead atoms. The van der Waals surface area contributed by atoms with Gasteiger partial charge in [0, 0.05) is 25.2 Å². The second-order valence-electron chi connectivity index (χ2n) is 5.05. The minimum absolute atomic E-state index is 0.867. The molecule has 0 unspecified atom stereocenters. The molecule has 0 N–H and O–H groups in total. The van der Waals surface area contributed by atoms with Crippen molar-refractivity contribution in [2.75, 3.05) is 7.05 Å². The number of rotatable bonds is 6. The lowest BCUT2D eigenvalue weighted by atomic mass is 10.2. The van der Waals surface area contributed by atoms with Crippen LogP contribution in [0.1, 0.15) is 36.6 Å². The Morgan fingerprint density at radius 1 is 1.35 bits per heavy atom. The fraction of sp³-hybridized carbons (Fsp3) is 0.533. The lowest BCUT2D eigenvalue weighted by Gasteiger charge is -2.17. The molecule has 4 nitrogen and oxygen atoms in total. The molecule has 0 aliphatic heterocycles. The van der Waals surface area contributed by atoms with Gasteiger partial charge in [-0.2, -0.15) is 5.10 Å². The SMILES string of the molecule is CCc1nn(CC)c(CN(C)Cc2ccoc2C)c1Br. The zero-order valence-corrected chi connectivity index (χ0v) is 14.2. The summed E-state index contributed by atoms with van der Waals surface area (Å²) in [7, 11) is 2.12. The molecule has 5 heteroatoms. The zero-order valence-electron chi connectivity index (χ0n) is 12.6. The summed E-state index contributed by atoms with van der Waals surface area (Å²) in [5.74, 6) is 0.995. The van der Waals surface area contributed by atoms with E-state index in [4.69, 9.17) is 4.42 Å². The van der Waals surface area contributed by atoms with Gasteiger partial charge in [-0.05, 0) is 49.3 Å². The molecule has 2 aromatic heterocycles.